The van der Waals surface area contributed by atoms with Crippen LogP contribution in [0, 0.1) is 11.3 Å². The van der Waals surface area contributed by atoms with Crippen LogP contribution < -0.4 is 10.6 Å². The third-order valence-electron chi connectivity index (χ3n) is 3.96. The van der Waals surface area contributed by atoms with Crippen molar-refractivity contribution in [3.8, 4) is 0 Å². The second-order valence-corrected chi connectivity index (χ2v) is 7.20. The minimum atomic E-state index is 0.351. The predicted octanol–water partition coefficient (Wildman–Crippen LogP) is 1.61. The van der Waals surface area contributed by atoms with Gasteiger partial charge in [-0.3, -0.25) is 4.90 Å². The quantitative estimate of drug-likeness (QED) is 0.893. The summed E-state index contributed by atoms with van der Waals surface area (Å²) in [5.74, 6) is 1.44. The van der Waals surface area contributed by atoms with Gasteiger partial charge in [-0.2, -0.15) is 0 Å². The van der Waals surface area contributed by atoms with E-state index in [1.165, 1.54) is 6.42 Å². The first-order valence-electron chi connectivity index (χ1n) is 7.92. The monoisotopic (exact) mass is 291 g/mol. The number of aromatic nitrogens is 2. The maximum absolute atomic E-state index is 5.96. The zero-order valence-electron chi connectivity index (χ0n) is 13.6. The Morgan fingerprint density at radius 1 is 1.14 bits per heavy atom. The molecule has 1 aliphatic rings. The molecule has 1 aromatic rings. The SMILES string of the molecule is CC(C)(C)CC(CN)CN1CCN(c2ncccn2)CC1. The van der Waals surface area contributed by atoms with Crippen LogP contribution >= 0.6 is 0 Å². The standard InChI is InChI=1S/C16H29N5/c1-16(2,3)11-14(12-17)13-20-7-9-21(10-8-20)15-18-5-4-6-19-15/h4-6,14H,7-13,17H2,1-3H3. The van der Waals surface area contributed by atoms with Crippen molar-refractivity contribution in [3.05, 3.63) is 18.5 Å². The summed E-state index contributed by atoms with van der Waals surface area (Å²) in [5, 5.41) is 0. The predicted molar refractivity (Wildman–Crippen MR) is 87.3 cm³/mol. The zero-order valence-corrected chi connectivity index (χ0v) is 13.6. The van der Waals surface area contributed by atoms with Gasteiger partial charge in [0, 0.05) is 45.1 Å². The first-order valence-corrected chi connectivity index (χ1v) is 7.92. The zero-order chi connectivity index (χ0) is 15.3. The minimum Gasteiger partial charge on any atom is -0.338 e. The van der Waals surface area contributed by atoms with Crippen LogP contribution in [0.15, 0.2) is 18.5 Å². The number of piperazine rings is 1. The molecule has 5 heteroatoms. The molecule has 21 heavy (non-hydrogen) atoms. The third kappa shape index (κ3) is 5.25. The maximum atomic E-state index is 5.96. The molecular weight excluding hydrogens is 262 g/mol. The summed E-state index contributed by atoms with van der Waals surface area (Å²) in [6.45, 7) is 12.9. The molecule has 1 aromatic heterocycles. The molecule has 5 nitrogen and oxygen atoms in total. The fourth-order valence-corrected chi connectivity index (χ4v) is 3.04. The molecule has 0 aliphatic carbocycles. The Kier molecular flexibility index (Phi) is 5.53. The smallest absolute Gasteiger partial charge is 0.225 e. The maximum Gasteiger partial charge on any atom is 0.225 e. The van der Waals surface area contributed by atoms with E-state index in [1.54, 1.807) is 0 Å². The number of anilines is 1. The summed E-state index contributed by atoms with van der Waals surface area (Å²) < 4.78 is 0. The molecule has 1 fully saturated rings. The molecule has 0 bridgehead atoms. The molecule has 1 aliphatic heterocycles. The molecule has 0 amide bonds. The molecular formula is C16H29N5. The van der Waals surface area contributed by atoms with Crippen LogP contribution in [0.25, 0.3) is 0 Å². The Labute approximate surface area is 128 Å². The van der Waals surface area contributed by atoms with E-state index >= 15 is 0 Å². The van der Waals surface area contributed by atoms with Crippen LogP contribution in [0.2, 0.25) is 0 Å². The Morgan fingerprint density at radius 3 is 2.29 bits per heavy atom. The van der Waals surface area contributed by atoms with E-state index in [-0.39, 0.29) is 0 Å². The van der Waals surface area contributed by atoms with Crippen molar-refractivity contribution < 1.29 is 0 Å². The second-order valence-electron chi connectivity index (χ2n) is 7.20. The van der Waals surface area contributed by atoms with E-state index in [4.69, 9.17) is 5.73 Å². The van der Waals surface area contributed by atoms with Gasteiger partial charge in [-0.15, -0.1) is 0 Å². The number of nitrogens with zero attached hydrogens (tertiary/aromatic N) is 4. The lowest BCUT2D eigenvalue weighted by Gasteiger charge is -2.37. The largest absolute Gasteiger partial charge is 0.338 e. The first-order chi connectivity index (χ1) is 9.98. The van der Waals surface area contributed by atoms with Gasteiger partial charge >= 0.3 is 0 Å². The van der Waals surface area contributed by atoms with Crippen LogP contribution in [0.1, 0.15) is 27.2 Å². The summed E-state index contributed by atoms with van der Waals surface area (Å²) in [6, 6.07) is 1.86. The van der Waals surface area contributed by atoms with Gasteiger partial charge in [0.05, 0.1) is 0 Å². The van der Waals surface area contributed by atoms with E-state index in [0.717, 1.165) is 45.2 Å². The van der Waals surface area contributed by atoms with Gasteiger partial charge in [0.15, 0.2) is 0 Å². The molecule has 1 unspecified atom stereocenters. The van der Waals surface area contributed by atoms with E-state index < -0.39 is 0 Å². The average Bonchev–Trinajstić information content (AvgIpc) is 2.47. The highest BCUT2D eigenvalue weighted by Gasteiger charge is 2.23. The fourth-order valence-electron chi connectivity index (χ4n) is 3.04. The molecule has 1 atom stereocenters. The van der Waals surface area contributed by atoms with Crippen molar-refractivity contribution in [2.24, 2.45) is 17.1 Å². The highest BCUT2D eigenvalue weighted by molar-refractivity contribution is 5.29. The third-order valence-corrected chi connectivity index (χ3v) is 3.96. The molecule has 2 heterocycles. The van der Waals surface area contributed by atoms with Gasteiger partial charge in [0.1, 0.15) is 0 Å². The molecule has 2 N–H and O–H groups in total. The topological polar surface area (TPSA) is 58.3 Å². The van der Waals surface area contributed by atoms with Crippen molar-refractivity contribution in [2.45, 2.75) is 27.2 Å². The van der Waals surface area contributed by atoms with Crippen LogP contribution in [0.3, 0.4) is 0 Å². The van der Waals surface area contributed by atoms with Gasteiger partial charge in [0.25, 0.3) is 0 Å². The van der Waals surface area contributed by atoms with Crippen LogP contribution in [-0.2, 0) is 0 Å². The summed E-state index contributed by atoms with van der Waals surface area (Å²) in [6.07, 6.45) is 4.80. The highest BCUT2D eigenvalue weighted by atomic mass is 15.3. The van der Waals surface area contributed by atoms with Crippen molar-refractivity contribution >= 4 is 5.95 Å². The van der Waals surface area contributed by atoms with Crippen molar-refractivity contribution in [3.63, 3.8) is 0 Å². The Bertz CT molecular complexity index is 406. The lowest BCUT2D eigenvalue weighted by atomic mass is 9.84. The molecule has 0 aromatic carbocycles. The Morgan fingerprint density at radius 2 is 1.76 bits per heavy atom. The van der Waals surface area contributed by atoms with E-state index in [2.05, 4.69) is 40.5 Å². The second kappa shape index (κ2) is 7.18. The molecule has 0 spiro atoms. The Hall–Kier alpha value is -1.20. The summed E-state index contributed by atoms with van der Waals surface area (Å²) >= 11 is 0. The van der Waals surface area contributed by atoms with Crippen molar-refractivity contribution in [1.82, 2.24) is 14.9 Å². The van der Waals surface area contributed by atoms with Crippen LogP contribution in [0.4, 0.5) is 5.95 Å². The van der Waals surface area contributed by atoms with Gasteiger partial charge in [-0.25, -0.2) is 9.97 Å². The van der Waals surface area contributed by atoms with Gasteiger partial charge < -0.3 is 10.6 Å². The van der Waals surface area contributed by atoms with Crippen molar-refractivity contribution in [2.75, 3.05) is 44.2 Å². The lowest BCUT2D eigenvalue weighted by Crippen LogP contribution is -2.49. The summed E-state index contributed by atoms with van der Waals surface area (Å²) in [5.41, 5.74) is 6.31. The average molecular weight is 291 g/mol. The molecule has 1 saturated heterocycles. The van der Waals surface area contributed by atoms with Crippen molar-refractivity contribution in [1.29, 1.82) is 0 Å². The number of hydrogen-bond acceptors (Lipinski definition) is 5. The number of rotatable bonds is 5. The normalized spacial score (nSPS) is 18.8. The molecule has 2 rings (SSSR count). The molecule has 0 saturated carbocycles. The van der Waals surface area contributed by atoms with Gasteiger partial charge in [-0.05, 0) is 30.4 Å². The van der Waals surface area contributed by atoms with E-state index in [0.29, 0.717) is 11.3 Å². The minimum absolute atomic E-state index is 0.351. The van der Waals surface area contributed by atoms with E-state index in [9.17, 15) is 0 Å². The molecule has 118 valence electrons. The number of nitrogens with two attached hydrogens (primary N) is 1. The van der Waals surface area contributed by atoms with Gasteiger partial charge in [0.2, 0.25) is 5.95 Å². The van der Waals surface area contributed by atoms with E-state index in [1.807, 2.05) is 18.5 Å². The first kappa shape index (κ1) is 16.2. The fraction of sp³-hybridized carbons (Fsp3) is 0.750. The summed E-state index contributed by atoms with van der Waals surface area (Å²) in [4.78, 5) is 13.5. The molecule has 0 radical (unpaired) electrons. The van der Waals surface area contributed by atoms with Crippen LogP contribution in [-0.4, -0.2) is 54.1 Å². The summed E-state index contributed by atoms with van der Waals surface area (Å²) in [7, 11) is 0. The number of hydrogen-bond donors (Lipinski definition) is 1. The van der Waals surface area contributed by atoms with Gasteiger partial charge in [-0.1, -0.05) is 20.8 Å². The van der Waals surface area contributed by atoms with Crippen LogP contribution in [0.5, 0.6) is 0 Å². The highest BCUT2D eigenvalue weighted by Crippen LogP contribution is 2.24. The Balaban J connectivity index is 1.81. The lowest BCUT2D eigenvalue weighted by molar-refractivity contribution is 0.186.